The largest absolute Gasteiger partial charge is 0.494 e. The lowest BCUT2D eigenvalue weighted by Crippen LogP contribution is -2.12. The van der Waals surface area contributed by atoms with E-state index in [1.54, 1.807) is 72.8 Å². The van der Waals surface area contributed by atoms with Gasteiger partial charge in [-0.25, -0.2) is 4.85 Å². The van der Waals surface area contributed by atoms with Crippen molar-refractivity contribution in [2.75, 3.05) is 79.3 Å². The number of amidine groups is 3. The van der Waals surface area contributed by atoms with Crippen LogP contribution >= 0.6 is 0 Å². The molecule has 8 aromatic rings. The summed E-state index contributed by atoms with van der Waals surface area (Å²) >= 11 is 0. The number of nitrogens with two attached hydrogens (primary N) is 3. The third kappa shape index (κ3) is 39.4. The minimum absolute atomic E-state index is 0. The van der Waals surface area contributed by atoms with Gasteiger partial charge < -0.3 is 89.7 Å². The van der Waals surface area contributed by atoms with Crippen LogP contribution in [0.25, 0.3) is 4.85 Å². The Morgan fingerprint density at radius 2 is 0.422 bits per heavy atom. The first-order valence-electron chi connectivity index (χ1n) is 39.6. The van der Waals surface area contributed by atoms with Gasteiger partial charge in [0, 0.05) is 61.5 Å². The van der Waals surface area contributed by atoms with Crippen molar-refractivity contribution in [3.63, 3.8) is 0 Å². The second kappa shape index (κ2) is 58.5. The molecule has 0 amide bonds. The van der Waals surface area contributed by atoms with Crippen LogP contribution in [0.15, 0.2) is 197 Å². The lowest BCUT2D eigenvalue weighted by molar-refractivity contribution is 0.269. The molecule has 3 radical (unpaired) electrons. The molecule has 0 aromatic heterocycles. The SMILES string of the molecule is C.NC(=NO)c1ccc(OCCCCCCOc2cc(OCCCCCCOc3ccc(C(N)=NO)cc3)cc(OCCCCCCOc3ccc(C(N)=NO)cc3)c2)cc1.[B].[C-]#[N+]c1ccc(OCCCCCCOc2cc(OCCCCCCOc3ccc(C#N)cc3)cc(OCCCCCCOc3ccc(C#N)cc3)c2)cc1. The Balaban J connectivity index is 0.000000409. The molecule has 0 spiro atoms. The van der Waals surface area contributed by atoms with E-state index in [4.69, 9.17) is 107 Å². The average molecular weight is 1590 g/mol. The molecule has 0 atom stereocenters. The fourth-order valence-corrected chi connectivity index (χ4v) is 11.4. The molecule has 0 saturated carbocycles. The Labute approximate surface area is 687 Å². The number of ether oxygens (including phenoxy) is 12. The van der Waals surface area contributed by atoms with Crippen LogP contribution in [0.5, 0.6) is 69.0 Å². The molecule has 9 N–H and O–H groups in total. The van der Waals surface area contributed by atoms with Gasteiger partial charge >= 0.3 is 0 Å². The molecule has 0 aliphatic carbocycles. The summed E-state index contributed by atoms with van der Waals surface area (Å²) in [5, 5.41) is 53.4. The van der Waals surface area contributed by atoms with Crippen LogP contribution in [0.2, 0.25) is 0 Å². The van der Waals surface area contributed by atoms with Crippen LogP contribution in [0.3, 0.4) is 0 Å². The molecule has 0 fully saturated rings. The average Bonchev–Trinajstić information content (AvgIpc) is 0.874. The van der Waals surface area contributed by atoms with Gasteiger partial charge in [0.15, 0.2) is 23.2 Å². The van der Waals surface area contributed by atoms with Crippen LogP contribution in [0.1, 0.15) is 189 Å². The predicted molar refractivity (Wildman–Crippen MR) is 454 cm³/mol. The highest BCUT2D eigenvalue weighted by atomic mass is 16.5. The van der Waals surface area contributed by atoms with Crippen molar-refractivity contribution in [2.24, 2.45) is 32.7 Å². The first-order chi connectivity index (χ1) is 56.0. The Morgan fingerprint density at radius 3 is 0.578 bits per heavy atom. The van der Waals surface area contributed by atoms with E-state index in [0.29, 0.717) is 130 Å². The highest BCUT2D eigenvalue weighted by molar-refractivity contribution is 5.98. The molecule has 8 rings (SSSR count). The smallest absolute Gasteiger partial charge is 0.187 e. The van der Waals surface area contributed by atoms with Crippen LogP contribution in [0, 0.1) is 29.2 Å². The fraction of sp³-hybridized carbons (Fsp3) is 0.407. The molecular weight excluding hydrogens is 1470 g/mol. The summed E-state index contributed by atoms with van der Waals surface area (Å²) in [7, 11) is 0. The van der Waals surface area contributed by atoms with Gasteiger partial charge in [0.25, 0.3) is 0 Å². The van der Waals surface area contributed by atoms with Crippen LogP contribution in [0.4, 0.5) is 5.69 Å². The summed E-state index contributed by atoms with van der Waals surface area (Å²) < 4.78 is 71.8. The Kier molecular flexibility index (Phi) is 47.6. The van der Waals surface area contributed by atoms with Gasteiger partial charge in [-0.15, -0.1) is 0 Å². The monoisotopic (exact) mass is 1580 g/mol. The van der Waals surface area contributed by atoms with E-state index in [-0.39, 0.29) is 33.3 Å². The molecule has 0 aliphatic rings. The van der Waals surface area contributed by atoms with Gasteiger partial charge in [-0.1, -0.05) is 35.0 Å². The van der Waals surface area contributed by atoms with Crippen molar-refractivity contribution in [1.82, 2.24) is 0 Å². The first kappa shape index (κ1) is 94.3. The lowest BCUT2D eigenvalue weighted by Gasteiger charge is -2.14. The van der Waals surface area contributed by atoms with E-state index in [1.807, 2.05) is 109 Å². The van der Waals surface area contributed by atoms with Crippen molar-refractivity contribution in [3.8, 4) is 81.1 Å². The topological polar surface area (TPSA) is 339 Å². The molecule has 617 valence electrons. The Morgan fingerprint density at radius 1 is 0.267 bits per heavy atom. The molecular formula is C91H115BN9O15. The second-order valence-electron chi connectivity index (χ2n) is 26.9. The Hall–Kier alpha value is -12.3. The number of rotatable bonds is 57. The second-order valence-corrected chi connectivity index (χ2v) is 26.9. The van der Waals surface area contributed by atoms with Crippen molar-refractivity contribution >= 4 is 31.6 Å². The third-order valence-electron chi connectivity index (χ3n) is 17.9. The Bertz CT molecular complexity index is 3740. The lowest BCUT2D eigenvalue weighted by atomic mass is 10.2. The van der Waals surface area contributed by atoms with Gasteiger partial charge in [-0.2, -0.15) is 10.5 Å². The summed E-state index contributed by atoms with van der Waals surface area (Å²) in [6.07, 6.45) is 23.4. The van der Waals surface area contributed by atoms with Crippen molar-refractivity contribution in [3.05, 3.63) is 221 Å². The molecule has 0 saturated heterocycles. The minimum atomic E-state index is 0. The maximum atomic E-state index is 8.94. The van der Waals surface area contributed by atoms with Gasteiger partial charge in [-0.05, 0) is 288 Å². The number of nitrogens with zero attached hydrogens (tertiary/aromatic N) is 6. The molecule has 25 heteroatoms. The van der Waals surface area contributed by atoms with Crippen molar-refractivity contribution in [2.45, 2.75) is 162 Å². The highest BCUT2D eigenvalue weighted by Crippen LogP contribution is 2.31. The number of hydrogen-bond acceptors (Lipinski definition) is 20. The highest BCUT2D eigenvalue weighted by Gasteiger charge is 2.11. The van der Waals surface area contributed by atoms with Gasteiger partial charge in [-0.3, -0.25) is 0 Å². The molecule has 0 bridgehead atoms. The summed E-state index contributed by atoms with van der Waals surface area (Å²) in [6.45, 7) is 14.4. The van der Waals surface area contributed by atoms with E-state index in [0.717, 1.165) is 206 Å². The molecule has 0 heterocycles. The zero-order valence-corrected chi connectivity index (χ0v) is 66.0. The third-order valence-corrected chi connectivity index (χ3v) is 17.9. The minimum Gasteiger partial charge on any atom is -0.494 e. The molecule has 0 aliphatic heterocycles. The summed E-state index contributed by atoms with van der Waals surface area (Å²) in [5.74, 6) is 9.17. The van der Waals surface area contributed by atoms with E-state index in [9.17, 15) is 0 Å². The number of benzene rings is 8. The predicted octanol–water partition coefficient (Wildman–Crippen LogP) is 19.3. The van der Waals surface area contributed by atoms with E-state index in [1.165, 1.54) is 0 Å². The zero-order valence-electron chi connectivity index (χ0n) is 66.0. The maximum Gasteiger partial charge on any atom is 0.187 e. The van der Waals surface area contributed by atoms with E-state index < -0.39 is 0 Å². The number of nitriles is 2. The van der Waals surface area contributed by atoms with Crippen LogP contribution in [-0.4, -0.2) is 121 Å². The standard InChI is InChI=1S/C45H60N6O9.C45H51N3O6.CH4.B/c46-43(49-52)34-13-19-37(20-14-34)55-25-7-1-4-10-28-58-40-31-41(59-29-11-5-2-8-26-56-38-21-15-35(16-22-38)44(47)50-53)33-42(32-40)60-30-12-6-3-9-27-57-39-23-17-36(18-24-39)45(48)51-54;1-48-39-18-24-42(25-19-39)51-28-10-4-7-13-31-54-45-33-43(52-29-11-5-2-8-26-49-40-20-14-37(35-46)15-21-40)32-44(34-45)53-30-12-6-3-9-27-50-41-22-16-38(36-47)17-23-41;;/h13-24,31-33,52-54H,1-12,25-30H2,(H2,46,49)(H2,47,50)(H2,48,51);14-25,32-34H,2-13,26-31H2;1H4;. The van der Waals surface area contributed by atoms with Crippen molar-refractivity contribution in [1.29, 1.82) is 10.5 Å². The van der Waals surface area contributed by atoms with Gasteiger partial charge in [0.1, 0.15) is 69.0 Å². The van der Waals surface area contributed by atoms with Crippen LogP contribution < -0.4 is 74.0 Å². The molecule has 0 unspecified atom stereocenters. The summed E-state index contributed by atoms with van der Waals surface area (Å²) in [6, 6.07) is 58.9. The molecule has 24 nitrogen and oxygen atoms in total. The van der Waals surface area contributed by atoms with E-state index >= 15 is 0 Å². The summed E-state index contributed by atoms with van der Waals surface area (Å²) in [4.78, 5) is 3.41. The maximum absolute atomic E-state index is 8.94. The number of unbranched alkanes of at least 4 members (excludes halogenated alkanes) is 18. The normalized spacial score (nSPS) is 11.0. The molecule has 8 aromatic carbocycles. The first-order valence-corrected chi connectivity index (χ1v) is 39.6. The van der Waals surface area contributed by atoms with E-state index in [2.05, 4.69) is 32.5 Å². The number of oxime groups is 3. The van der Waals surface area contributed by atoms with Gasteiger partial charge in [0.05, 0.1) is 109 Å². The van der Waals surface area contributed by atoms with Crippen molar-refractivity contribution < 1.29 is 72.5 Å². The molecule has 116 heavy (non-hydrogen) atoms. The fourth-order valence-electron chi connectivity index (χ4n) is 11.4. The quantitative estimate of drug-likeness (QED) is 0.00392. The summed E-state index contributed by atoms with van der Waals surface area (Å²) in [5.41, 5.74) is 20.6. The zero-order chi connectivity index (χ0) is 80.5. The van der Waals surface area contributed by atoms with Crippen LogP contribution in [-0.2, 0) is 0 Å². The van der Waals surface area contributed by atoms with Gasteiger partial charge in [0.2, 0.25) is 0 Å². The number of hydrogen-bond donors (Lipinski definition) is 6.